The molecule has 2 aromatic rings. The third-order valence-electron chi connectivity index (χ3n) is 3.29. The molecule has 0 heterocycles. The van der Waals surface area contributed by atoms with E-state index in [0.717, 1.165) is 0 Å². The highest BCUT2D eigenvalue weighted by Crippen LogP contribution is 2.20. The van der Waals surface area contributed by atoms with Gasteiger partial charge in [-0.2, -0.15) is 8.78 Å². The third-order valence-corrected chi connectivity index (χ3v) is 3.29. The molecule has 0 radical (unpaired) electrons. The lowest BCUT2D eigenvalue weighted by Crippen LogP contribution is -2.31. The van der Waals surface area contributed by atoms with Crippen molar-refractivity contribution in [2.75, 3.05) is 6.54 Å². The summed E-state index contributed by atoms with van der Waals surface area (Å²) in [5.74, 6) is -1.86. The molecule has 1 amide bonds. The highest BCUT2D eigenvalue weighted by atomic mass is 19.3. The summed E-state index contributed by atoms with van der Waals surface area (Å²) >= 11 is 0. The molecule has 2 rings (SSSR count). The molecule has 0 unspecified atom stereocenters. The van der Waals surface area contributed by atoms with Crippen LogP contribution in [-0.4, -0.2) is 30.0 Å². The van der Waals surface area contributed by atoms with Crippen molar-refractivity contribution in [1.29, 1.82) is 0 Å². The monoisotopic (exact) mass is 380 g/mol. The Bertz CT molecular complexity index is 826. The molecule has 0 aromatic heterocycles. The normalized spacial score (nSPS) is 10.3. The number of hydrogen-bond donors (Lipinski definition) is 1. The first-order valence-corrected chi connectivity index (χ1v) is 7.58. The summed E-state index contributed by atoms with van der Waals surface area (Å²) in [4.78, 5) is 33.7. The molecule has 0 aliphatic carbocycles. The van der Waals surface area contributed by atoms with E-state index in [9.17, 15) is 28.5 Å². The number of esters is 1. The van der Waals surface area contributed by atoms with Gasteiger partial charge < -0.3 is 14.8 Å². The van der Waals surface area contributed by atoms with Crippen molar-refractivity contribution in [3.05, 3.63) is 69.8 Å². The molecule has 0 atom stereocenters. The first-order chi connectivity index (χ1) is 12.9. The van der Waals surface area contributed by atoms with Crippen LogP contribution in [0.15, 0.2) is 48.5 Å². The van der Waals surface area contributed by atoms with Gasteiger partial charge in [-0.15, -0.1) is 0 Å². The number of non-ortho nitro benzene ring substituents is 1. The predicted molar refractivity (Wildman–Crippen MR) is 88.3 cm³/mol. The van der Waals surface area contributed by atoms with Crippen LogP contribution in [-0.2, 0) is 16.1 Å². The van der Waals surface area contributed by atoms with Crippen molar-refractivity contribution < 1.29 is 32.8 Å². The molecule has 0 saturated carbocycles. The third kappa shape index (κ3) is 6.03. The summed E-state index contributed by atoms with van der Waals surface area (Å²) in [5, 5.41) is 12.8. The minimum atomic E-state index is -3.09. The van der Waals surface area contributed by atoms with Crippen LogP contribution in [0.5, 0.6) is 5.75 Å². The number of nitro groups is 1. The zero-order chi connectivity index (χ0) is 19.8. The number of benzene rings is 2. The van der Waals surface area contributed by atoms with Gasteiger partial charge in [0.25, 0.3) is 11.6 Å². The van der Waals surface area contributed by atoms with E-state index in [2.05, 4.69) is 10.1 Å². The van der Waals surface area contributed by atoms with Gasteiger partial charge in [0.1, 0.15) is 18.9 Å². The van der Waals surface area contributed by atoms with Crippen molar-refractivity contribution in [2.24, 2.45) is 0 Å². The molecule has 0 saturated heterocycles. The maximum absolute atomic E-state index is 12.3. The minimum Gasteiger partial charge on any atom is -0.460 e. The summed E-state index contributed by atoms with van der Waals surface area (Å²) in [6.45, 7) is -3.72. The van der Waals surface area contributed by atoms with Gasteiger partial charge in [0, 0.05) is 12.1 Å². The quantitative estimate of drug-likeness (QED) is 0.429. The average molecular weight is 380 g/mol. The molecule has 10 heteroatoms. The molecule has 2 aromatic carbocycles. The number of halogens is 2. The number of nitrogens with zero attached hydrogens (tertiary/aromatic N) is 1. The van der Waals surface area contributed by atoms with E-state index >= 15 is 0 Å². The minimum absolute atomic E-state index is 0.0954. The van der Waals surface area contributed by atoms with Crippen molar-refractivity contribution in [2.45, 2.75) is 13.2 Å². The van der Waals surface area contributed by atoms with Gasteiger partial charge in [-0.1, -0.05) is 12.1 Å². The Morgan fingerprint density at radius 3 is 2.41 bits per heavy atom. The molecule has 0 aliphatic heterocycles. The van der Waals surface area contributed by atoms with Crippen LogP contribution in [0.25, 0.3) is 0 Å². The molecule has 0 spiro atoms. The number of para-hydroxylation sites is 1. The summed E-state index contributed by atoms with van der Waals surface area (Å²) in [7, 11) is 0. The Balaban J connectivity index is 1.85. The van der Waals surface area contributed by atoms with E-state index in [1.165, 1.54) is 48.5 Å². The number of nitrogens with one attached hydrogen (secondary N) is 1. The molecule has 0 fully saturated rings. The second-order valence-electron chi connectivity index (χ2n) is 5.14. The number of alkyl halides is 2. The summed E-state index contributed by atoms with van der Waals surface area (Å²) in [6, 6.07) is 10.8. The number of carbonyl (C=O) groups is 2. The van der Waals surface area contributed by atoms with Crippen molar-refractivity contribution in [1.82, 2.24) is 5.32 Å². The number of carbonyl (C=O) groups excluding carboxylic acids is 2. The van der Waals surface area contributed by atoms with Gasteiger partial charge in [0.15, 0.2) is 0 Å². The van der Waals surface area contributed by atoms with Crippen molar-refractivity contribution in [3.63, 3.8) is 0 Å². The number of nitro benzene ring substituents is 1. The Morgan fingerprint density at radius 1 is 1.11 bits per heavy atom. The summed E-state index contributed by atoms with van der Waals surface area (Å²) in [5.41, 5.74) is 0.277. The number of ether oxygens (including phenoxy) is 2. The Kier molecular flexibility index (Phi) is 6.75. The van der Waals surface area contributed by atoms with Gasteiger partial charge in [-0.05, 0) is 29.8 Å². The van der Waals surface area contributed by atoms with E-state index in [1.807, 2.05) is 0 Å². The Labute approximate surface area is 151 Å². The van der Waals surface area contributed by atoms with E-state index in [1.54, 1.807) is 0 Å². The number of hydrogen-bond acceptors (Lipinski definition) is 6. The number of amides is 1. The van der Waals surface area contributed by atoms with Gasteiger partial charge in [-0.25, -0.2) is 0 Å². The fourth-order valence-corrected chi connectivity index (χ4v) is 2.03. The smallest absolute Gasteiger partial charge is 0.387 e. The lowest BCUT2D eigenvalue weighted by molar-refractivity contribution is -0.384. The lowest BCUT2D eigenvalue weighted by atomic mass is 10.2. The summed E-state index contributed by atoms with van der Waals surface area (Å²) in [6.07, 6.45) is 0. The molecule has 0 bridgehead atoms. The van der Waals surface area contributed by atoms with E-state index in [4.69, 9.17) is 4.74 Å². The fraction of sp³-hybridized carbons (Fsp3) is 0.176. The first-order valence-electron chi connectivity index (χ1n) is 7.58. The Morgan fingerprint density at radius 2 is 1.78 bits per heavy atom. The molecule has 0 aliphatic rings. The molecule has 8 nitrogen and oxygen atoms in total. The highest BCUT2D eigenvalue weighted by molar-refractivity contribution is 5.98. The first kappa shape index (κ1) is 19.8. The summed E-state index contributed by atoms with van der Waals surface area (Å²) < 4.78 is 33.9. The highest BCUT2D eigenvalue weighted by Gasteiger charge is 2.16. The van der Waals surface area contributed by atoms with Crippen LogP contribution in [0.4, 0.5) is 14.5 Å². The maximum Gasteiger partial charge on any atom is 0.387 e. The van der Waals surface area contributed by atoms with Crippen molar-refractivity contribution in [3.8, 4) is 5.75 Å². The van der Waals surface area contributed by atoms with Crippen LogP contribution in [0.1, 0.15) is 15.9 Å². The van der Waals surface area contributed by atoms with Crippen LogP contribution < -0.4 is 10.1 Å². The zero-order valence-electron chi connectivity index (χ0n) is 13.8. The second-order valence-corrected chi connectivity index (χ2v) is 5.14. The molecular weight excluding hydrogens is 366 g/mol. The van der Waals surface area contributed by atoms with E-state index in [0.29, 0.717) is 5.56 Å². The number of rotatable bonds is 8. The Hall–Kier alpha value is -3.56. The molecule has 142 valence electrons. The standard InChI is InChI=1S/C17H14F2N2O6/c18-17(19)27-14-4-2-1-3-13(14)16(23)20-9-15(22)26-10-11-5-7-12(8-6-11)21(24)25/h1-8,17H,9-10H2,(H,20,23). The van der Waals surface area contributed by atoms with Crippen LogP contribution in [0.2, 0.25) is 0 Å². The molecule has 27 heavy (non-hydrogen) atoms. The SMILES string of the molecule is O=C(CNC(=O)c1ccccc1OC(F)F)OCc1ccc([N+](=O)[O-])cc1. The maximum atomic E-state index is 12.3. The largest absolute Gasteiger partial charge is 0.460 e. The van der Waals surface area contributed by atoms with Gasteiger partial charge in [0.05, 0.1) is 10.5 Å². The van der Waals surface area contributed by atoms with E-state index in [-0.39, 0.29) is 23.6 Å². The predicted octanol–water partition coefficient (Wildman–Crippen LogP) is 2.67. The zero-order valence-corrected chi connectivity index (χ0v) is 13.8. The van der Waals surface area contributed by atoms with Gasteiger partial charge in [-0.3, -0.25) is 19.7 Å². The van der Waals surface area contributed by atoms with Crippen LogP contribution >= 0.6 is 0 Å². The van der Waals surface area contributed by atoms with Crippen LogP contribution in [0.3, 0.4) is 0 Å². The van der Waals surface area contributed by atoms with Gasteiger partial charge >= 0.3 is 12.6 Å². The van der Waals surface area contributed by atoms with Crippen LogP contribution in [0, 0.1) is 10.1 Å². The van der Waals surface area contributed by atoms with E-state index < -0.39 is 30.0 Å². The lowest BCUT2D eigenvalue weighted by Gasteiger charge is -2.10. The average Bonchev–Trinajstić information content (AvgIpc) is 2.64. The second kappa shape index (κ2) is 9.22. The fourth-order valence-electron chi connectivity index (χ4n) is 2.03. The van der Waals surface area contributed by atoms with Gasteiger partial charge in [0.2, 0.25) is 0 Å². The topological polar surface area (TPSA) is 108 Å². The van der Waals surface area contributed by atoms with Crippen molar-refractivity contribution >= 4 is 17.6 Å². The molecular formula is C17H14F2N2O6. The molecule has 1 N–H and O–H groups in total.